The van der Waals surface area contributed by atoms with Gasteiger partial charge in [0.25, 0.3) is 0 Å². The first-order chi connectivity index (χ1) is 7.85. The summed E-state index contributed by atoms with van der Waals surface area (Å²) in [7, 11) is 1.56. The zero-order valence-electron chi connectivity index (χ0n) is 8.88. The van der Waals surface area contributed by atoms with Crippen LogP contribution < -0.4 is 9.47 Å². The van der Waals surface area contributed by atoms with Gasteiger partial charge in [-0.25, -0.2) is 0 Å². The number of hydrogen-bond acceptors (Lipinski definition) is 5. The lowest BCUT2D eigenvalue weighted by Crippen LogP contribution is -2.03. The third kappa shape index (κ3) is 2.04. The van der Waals surface area contributed by atoms with E-state index in [9.17, 15) is 0 Å². The minimum atomic E-state index is -0.0400. The maximum absolute atomic E-state index is 8.71. The van der Waals surface area contributed by atoms with E-state index in [0.717, 1.165) is 11.0 Å². The van der Waals surface area contributed by atoms with Crippen molar-refractivity contribution in [3.8, 4) is 11.5 Å². The zero-order chi connectivity index (χ0) is 11.4. The summed E-state index contributed by atoms with van der Waals surface area (Å²) < 4.78 is 10.5. The fourth-order valence-corrected chi connectivity index (χ4v) is 1.40. The number of hydrogen-bond donors (Lipinski definition) is 1. The molecule has 0 spiro atoms. The Morgan fingerprint density at radius 1 is 1.12 bits per heavy atom. The third-order valence-electron chi connectivity index (χ3n) is 2.10. The van der Waals surface area contributed by atoms with Crippen molar-refractivity contribution in [2.75, 3.05) is 20.3 Å². The summed E-state index contributed by atoms with van der Waals surface area (Å²) in [5, 5.41) is 8.71. The molecule has 0 atom stereocenters. The Balaban J connectivity index is 2.45. The van der Waals surface area contributed by atoms with Crippen LogP contribution in [0.2, 0.25) is 0 Å². The lowest BCUT2D eigenvalue weighted by Gasteiger charge is -2.10. The second-order valence-electron chi connectivity index (χ2n) is 3.12. The number of nitrogens with zero attached hydrogens (tertiary/aromatic N) is 2. The van der Waals surface area contributed by atoms with Gasteiger partial charge < -0.3 is 14.6 Å². The molecule has 0 aliphatic rings. The SMILES string of the molecule is COc1cc2nccnc2cc1OCCO. The van der Waals surface area contributed by atoms with Crippen LogP contribution in [0.1, 0.15) is 0 Å². The number of ether oxygens (including phenoxy) is 2. The number of aliphatic hydroxyl groups excluding tert-OH is 1. The van der Waals surface area contributed by atoms with E-state index >= 15 is 0 Å². The maximum Gasteiger partial charge on any atom is 0.163 e. The predicted octanol–water partition coefficient (Wildman–Crippen LogP) is 1.01. The molecule has 1 aromatic heterocycles. The summed E-state index contributed by atoms with van der Waals surface area (Å²) in [6, 6.07) is 3.51. The molecule has 0 saturated heterocycles. The summed E-state index contributed by atoms with van der Waals surface area (Å²) in [5.74, 6) is 1.14. The summed E-state index contributed by atoms with van der Waals surface area (Å²) in [4.78, 5) is 8.33. The van der Waals surface area contributed by atoms with Gasteiger partial charge in [-0.3, -0.25) is 9.97 Å². The number of benzene rings is 1. The van der Waals surface area contributed by atoms with Crippen molar-refractivity contribution in [3.05, 3.63) is 24.5 Å². The van der Waals surface area contributed by atoms with E-state index in [0.29, 0.717) is 11.5 Å². The fourth-order valence-electron chi connectivity index (χ4n) is 1.40. The van der Waals surface area contributed by atoms with Gasteiger partial charge in [0.1, 0.15) is 6.61 Å². The highest BCUT2D eigenvalue weighted by molar-refractivity contribution is 5.78. The Kier molecular flexibility index (Phi) is 3.16. The average molecular weight is 220 g/mol. The highest BCUT2D eigenvalue weighted by Crippen LogP contribution is 2.30. The molecular weight excluding hydrogens is 208 g/mol. The third-order valence-corrected chi connectivity index (χ3v) is 2.10. The van der Waals surface area contributed by atoms with Gasteiger partial charge in [-0.1, -0.05) is 0 Å². The van der Waals surface area contributed by atoms with Gasteiger partial charge in [-0.05, 0) is 0 Å². The first-order valence-electron chi connectivity index (χ1n) is 4.87. The van der Waals surface area contributed by atoms with Crippen LogP contribution in [0.15, 0.2) is 24.5 Å². The van der Waals surface area contributed by atoms with Crippen LogP contribution in [0.25, 0.3) is 11.0 Å². The molecule has 1 N–H and O–H groups in total. The summed E-state index contributed by atoms with van der Waals surface area (Å²) >= 11 is 0. The van der Waals surface area contributed by atoms with E-state index < -0.39 is 0 Å². The first kappa shape index (κ1) is 10.6. The molecule has 0 unspecified atom stereocenters. The number of aliphatic hydroxyl groups is 1. The molecule has 1 heterocycles. The van der Waals surface area contributed by atoms with Crippen molar-refractivity contribution < 1.29 is 14.6 Å². The van der Waals surface area contributed by atoms with E-state index in [2.05, 4.69) is 9.97 Å². The molecule has 2 aromatic rings. The van der Waals surface area contributed by atoms with E-state index in [-0.39, 0.29) is 13.2 Å². The molecule has 5 nitrogen and oxygen atoms in total. The molecule has 2 rings (SSSR count). The Morgan fingerprint density at radius 3 is 2.31 bits per heavy atom. The van der Waals surface area contributed by atoms with Gasteiger partial charge in [-0.2, -0.15) is 0 Å². The van der Waals surface area contributed by atoms with Crippen molar-refractivity contribution in [1.29, 1.82) is 0 Å². The molecule has 0 radical (unpaired) electrons. The van der Waals surface area contributed by atoms with E-state index in [1.807, 2.05) is 0 Å². The Bertz CT molecular complexity index is 488. The summed E-state index contributed by atoms with van der Waals surface area (Å²) in [6.07, 6.45) is 3.24. The lowest BCUT2D eigenvalue weighted by molar-refractivity contribution is 0.196. The molecule has 1 aromatic carbocycles. The molecule has 0 bridgehead atoms. The molecule has 5 heteroatoms. The number of fused-ring (bicyclic) bond motifs is 1. The van der Waals surface area contributed by atoms with Crippen LogP contribution in [0, 0.1) is 0 Å². The average Bonchev–Trinajstić information content (AvgIpc) is 2.35. The number of methoxy groups -OCH3 is 1. The zero-order valence-corrected chi connectivity index (χ0v) is 8.88. The van der Waals surface area contributed by atoms with Crippen molar-refractivity contribution in [2.45, 2.75) is 0 Å². The molecule has 0 amide bonds. The molecule has 84 valence electrons. The van der Waals surface area contributed by atoms with Crippen LogP contribution in [-0.2, 0) is 0 Å². The van der Waals surface area contributed by atoms with Crippen molar-refractivity contribution >= 4 is 11.0 Å². The lowest BCUT2D eigenvalue weighted by atomic mass is 10.2. The van der Waals surface area contributed by atoms with Crippen molar-refractivity contribution in [2.24, 2.45) is 0 Å². The second-order valence-corrected chi connectivity index (χ2v) is 3.12. The second kappa shape index (κ2) is 4.76. The Labute approximate surface area is 92.7 Å². The Hall–Kier alpha value is -1.88. The molecule has 0 aliphatic carbocycles. The van der Waals surface area contributed by atoms with Crippen molar-refractivity contribution in [1.82, 2.24) is 9.97 Å². The van der Waals surface area contributed by atoms with Gasteiger partial charge in [0.05, 0.1) is 24.8 Å². The van der Waals surface area contributed by atoms with Gasteiger partial charge in [0.2, 0.25) is 0 Å². The summed E-state index contributed by atoms with van der Waals surface area (Å²) in [6.45, 7) is 0.184. The minimum absolute atomic E-state index is 0.0400. The molecule has 0 aliphatic heterocycles. The largest absolute Gasteiger partial charge is 0.493 e. The number of rotatable bonds is 4. The van der Waals surface area contributed by atoms with E-state index in [1.165, 1.54) is 0 Å². The molecular formula is C11H12N2O3. The van der Waals surface area contributed by atoms with E-state index in [1.54, 1.807) is 31.6 Å². The Morgan fingerprint density at radius 2 is 1.75 bits per heavy atom. The predicted molar refractivity (Wildman–Crippen MR) is 58.7 cm³/mol. The minimum Gasteiger partial charge on any atom is -0.493 e. The smallest absolute Gasteiger partial charge is 0.163 e. The van der Waals surface area contributed by atoms with Gasteiger partial charge >= 0.3 is 0 Å². The van der Waals surface area contributed by atoms with Crippen molar-refractivity contribution in [3.63, 3.8) is 0 Å². The first-order valence-corrected chi connectivity index (χ1v) is 4.87. The fraction of sp³-hybridized carbons (Fsp3) is 0.273. The van der Waals surface area contributed by atoms with Gasteiger partial charge in [0.15, 0.2) is 11.5 Å². The van der Waals surface area contributed by atoms with Crippen LogP contribution in [0.4, 0.5) is 0 Å². The van der Waals surface area contributed by atoms with Crippen LogP contribution in [0.5, 0.6) is 11.5 Å². The monoisotopic (exact) mass is 220 g/mol. The maximum atomic E-state index is 8.71. The van der Waals surface area contributed by atoms with Gasteiger partial charge in [0, 0.05) is 24.5 Å². The standard InChI is InChI=1S/C11H12N2O3/c1-15-10-6-8-9(13-3-2-12-8)7-11(10)16-5-4-14/h2-3,6-7,14H,4-5H2,1H3. The highest BCUT2D eigenvalue weighted by atomic mass is 16.5. The quantitative estimate of drug-likeness (QED) is 0.833. The van der Waals surface area contributed by atoms with Crippen LogP contribution in [-0.4, -0.2) is 35.4 Å². The highest BCUT2D eigenvalue weighted by Gasteiger charge is 2.07. The molecule has 0 fully saturated rings. The summed E-state index contributed by atoms with van der Waals surface area (Å²) in [5.41, 5.74) is 1.48. The number of aromatic nitrogens is 2. The van der Waals surface area contributed by atoms with Gasteiger partial charge in [-0.15, -0.1) is 0 Å². The molecule has 0 saturated carbocycles. The van der Waals surface area contributed by atoms with E-state index in [4.69, 9.17) is 14.6 Å². The topological polar surface area (TPSA) is 64.5 Å². The van der Waals surface area contributed by atoms with Crippen LogP contribution >= 0.6 is 0 Å². The normalized spacial score (nSPS) is 10.4. The van der Waals surface area contributed by atoms with Crippen LogP contribution in [0.3, 0.4) is 0 Å². The molecule has 16 heavy (non-hydrogen) atoms.